The van der Waals surface area contributed by atoms with Crippen LogP contribution in [0.1, 0.15) is 17.5 Å². The van der Waals surface area contributed by atoms with Crippen molar-refractivity contribution in [1.29, 1.82) is 0 Å². The monoisotopic (exact) mass is 265 g/mol. The van der Waals surface area contributed by atoms with Gasteiger partial charge in [-0.3, -0.25) is 0 Å². The van der Waals surface area contributed by atoms with Crippen molar-refractivity contribution in [3.8, 4) is 0 Å². The molecule has 0 spiro atoms. The molecule has 0 bridgehead atoms. The standard InChI is InChI=1S/C15H15N5/c16-13-9-20-7-6-17-15(20)14(19-13)18-12-5-4-10-2-1-3-11(10)8-12/h4-9H,1-3,16H2,(H,18,19). The van der Waals surface area contributed by atoms with Gasteiger partial charge in [0, 0.05) is 18.1 Å². The molecule has 0 saturated heterocycles. The minimum absolute atomic E-state index is 0.471. The van der Waals surface area contributed by atoms with E-state index in [1.165, 1.54) is 24.0 Å². The molecular formula is C15H15N5. The van der Waals surface area contributed by atoms with Crippen molar-refractivity contribution >= 4 is 23.0 Å². The molecule has 0 radical (unpaired) electrons. The quantitative estimate of drug-likeness (QED) is 0.747. The first kappa shape index (κ1) is 11.3. The molecular weight excluding hydrogens is 250 g/mol. The van der Waals surface area contributed by atoms with Crippen LogP contribution >= 0.6 is 0 Å². The van der Waals surface area contributed by atoms with Gasteiger partial charge < -0.3 is 15.5 Å². The maximum atomic E-state index is 5.83. The van der Waals surface area contributed by atoms with Gasteiger partial charge in [-0.25, -0.2) is 9.97 Å². The fraction of sp³-hybridized carbons (Fsp3) is 0.200. The Balaban J connectivity index is 1.75. The third kappa shape index (κ3) is 1.79. The molecule has 0 atom stereocenters. The molecule has 5 heteroatoms. The van der Waals surface area contributed by atoms with Gasteiger partial charge in [-0.05, 0) is 42.5 Å². The Morgan fingerprint density at radius 1 is 1.20 bits per heavy atom. The smallest absolute Gasteiger partial charge is 0.180 e. The molecule has 3 N–H and O–H groups in total. The van der Waals surface area contributed by atoms with E-state index in [0.717, 1.165) is 17.8 Å². The van der Waals surface area contributed by atoms with Gasteiger partial charge >= 0.3 is 0 Å². The number of anilines is 3. The zero-order chi connectivity index (χ0) is 13.5. The highest BCUT2D eigenvalue weighted by Crippen LogP contribution is 2.27. The molecule has 0 aliphatic heterocycles. The molecule has 0 unspecified atom stereocenters. The van der Waals surface area contributed by atoms with Crippen LogP contribution in [0.4, 0.5) is 17.3 Å². The zero-order valence-electron chi connectivity index (χ0n) is 11.0. The molecule has 1 aliphatic carbocycles. The van der Waals surface area contributed by atoms with E-state index in [2.05, 4.69) is 33.5 Å². The first-order valence-corrected chi connectivity index (χ1v) is 6.77. The molecule has 0 fully saturated rings. The molecule has 2 aromatic heterocycles. The average molecular weight is 265 g/mol. The number of nitrogens with zero attached hydrogens (tertiary/aromatic N) is 3. The molecule has 4 rings (SSSR count). The summed E-state index contributed by atoms with van der Waals surface area (Å²) in [5.41, 5.74) is 10.5. The maximum absolute atomic E-state index is 5.83. The van der Waals surface area contributed by atoms with Gasteiger partial charge in [0.25, 0.3) is 0 Å². The molecule has 100 valence electrons. The normalized spacial score (nSPS) is 13.6. The van der Waals surface area contributed by atoms with Crippen molar-refractivity contribution in [2.45, 2.75) is 19.3 Å². The van der Waals surface area contributed by atoms with Crippen molar-refractivity contribution in [1.82, 2.24) is 14.4 Å². The molecule has 2 heterocycles. The fourth-order valence-corrected chi connectivity index (χ4v) is 2.82. The predicted octanol–water partition coefficient (Wildman–Crippen LogP) is 2.54. The van der Waals surface area contributed by atoms with E-state index in [-0.39, 0.29) is 0 Å². The highest BCUT2D eigenvalue weighted by Gasteiger charge is 2.12. The third-order valence-electron chi connectivity index (χ3n) is 3.75. The van der Waals surface area contributed by atoms with Crippen molar-refractivity contribution in [2.75, 3.05) is 11.1 Å². The van der Waals surface area contributed by atoms with Crippen LogP contribution in [0.5, 0.6) is 0 Å². The van der Waals surface area contributed by atoms with Gasteiger partial charge in [0.1, 0.15) is 5.82 Å². The molecule has 3 aromatic rings. The van der Waals surface area contributed by atoms with Crippen molar-refractivity contribution < 1.29 is 0 Å². The maximum Gasteiger partial charge on any atom is 0.180 e. The van der Waals surface area contributed by atoms with Crippen LogP contribution in [0.15, 0.2) is 36.8 Å². The van der Waals surface area contributed by atoms with Crippen molar-refractivity contribution in [3.05, 3.63) is 47.9 Å². The number of hydrogen-bond acceptors (Lipinski definition) is 4. The lowest BCUT2D eigenvalue weighted by molar-refractivity contribution is 0.912. The van der Waals surface area contributed by atoms with Gasteiger partial charge in [-0.2, -0.15) is 0 Å². The Morgan fingerprint density at radius 2 is 2.10 bits per heavy atom. The lowest BCUT2D eigenvalue weighted by Gasteiger charge is -2.09. The summed E-state index contributed by atoms with van der Waals surface area (Å²) in [5.74, 6) is 1.16. The van der Waals surface area contributed by atoms with Crippen LogP contribution in [0.3, 0.4) is 0 Å². The number of aryl methyl sites for hydroxylation is 2. The number of fused-ring (bicyclic) bond motifs is 2. The second-order valence-corrected chi connectivity index (χ2v) is 5.13. The molecule has 0 saturated carbocycles. The fourth-order valence-electron chi connectivity index (χ4n) is 2.82. The molecule has 1 aliphatic rings. The summed E-state index contributed by atoms with van der Waals surface area (Å²) >= 11 is 0. The summed E-state index contributed by atoms with van der Waals surface area (Å²) in [5, 5.41) is 3.33. The lowest BCUT2D eigenvalue weighted by Crippen LogP contribution is -2.02. The Kier molecular flexibility index (Phi) is 2.39. The van der Waals surface area contributed by atoms with E-state index in [0.29, 0.717) is 11.6 Å². The SMILES string of the molecule is Nc1cn2ccnc2c(Nc2ccc3c(c2)CCC3)n1. The molecule has 20 heavy (non-hydrogen) atoms. The van der Waals surface area contributed by atoms with Gasteiger partial charge in [0.2, 0.25) is 0 Å². The summed E-state index contributed by atoms with van der Waals surface area (Å²) < 4.78 is 1.87. The van der Waals surface area contributed by atoms with Crippen molar-refractivity contribution in [3.63, 3.8) is 0 Å². The van der Waals surface area contributed by atoms with Crippen LogP contribution in [0, 0.1) is 0 Å². The Hall–Kier alpha value is -2.56. The van der Waals surface area contributed by atoms with Crippen LogP contribution in [-0.4, -0.2) is 14.4 Å². The first-order chi connectivity index (χ1) is 9.79. The Morgan fingerprint density at radius 3 is 3.05 bits per heavy atom. The zero-order valence-corrected chi connectivity index (χ0v) is 11.0. The number of rotatable bonds is 2. The van der Waals surface area contributed by atoms with E-state index in [1.807, 2.05) is 10.6 Å². The summed E-state index contributed by atoms with van der Waals surface area (Å²) in [6.07, 6.45) is 8.96. The predicted molar refractivity (Wildman–Crippen MR) is 79.1 cm³/mol. The first-order valence-electron chi connectivity index (χ1n) is 6.77. The number of nitrogens with two attached hydrogens (primary N) is 1. The van der Waals surface area contributed by atoms with E-state index in [1.54, 1.807) is 12.4 Å². The number of imidazole rings is 1. The molecule has 1 aromatic carbocycles. The lowest BCUT2D eigenvalue weighted by atomic mass is 10.1. The van der Waals surface area contributed by atoms with E-state index >= 15 is 0 Å². The van der Waals surface area contributed by atoms with Crippen molar-refractivity contribution in [2.24, 2.45) is 0 Å². The van der Waals surface area contributed by atoms with Crippen LogP contribution in [-0.2, 0) is 12.8 Å². The summed E-state index contributed by atoms with van der Waals surface area (Å²) in [6.45, 7) is 0. The van der Waals surface area contributed by atoms with Crippen LogP contribution < -0.4 is 11.1 Å². The van der Waals surface area contributed by atoms with Crippen LogP contribution in [0.2, 0.25) is 0 Å². The van der Waals surface area contributed by atoms with E-state index < -0.39 is 0 Å². The summed E-state index contributed by atoms with van der Waals surface area (Å²) in [6, 6.07) is 6.49. The minimum atomic E-state index is 0.471. The summed E-state index contributed by atoms with van der Waals surface area (Å²) in [7, 11) is 0. The Bertz CT molecular complexity index is 790. The van der Waals surface area contributed by atoms with Crippen LogP contribution in [0.25, 0.3) is 5.65 Å². The topological polar surface area (TPSA) is 68.2 Å². The Labute approximate surface area is 116 Å². The van der Waals surface area contributed by atoms with Gasteiger partial charge in [0.15, 0.2) is 11.5 Å². The highest BCUT2D eigenvalue weighted by atomic mass is 15.1. The average Bonchev–Trinajstić information content (AvgIpc) is 3.05. The number of hydrogen-bond donors (Lipinski definition) is 2. The molecule has 0 amide bonds. The minimum Gasteiger partial charge on any atom is -0.382 e. The molecule has 5 nitrogen and oxygen atoms in total. The number of nitrogens with one attached hydrogen (secondary N) is 1. The van der Waals surface area contributed by atoms with Gasteiger partial charge in [-0.1, -0.05) is 6.07 Å². The number of nitrogen functional groups attached to an aromatic ring is 1. The van der Waals surface area contributed by atoms with E-state index in [9.17, 15) is 0 Å². The summed E-state index contributed by atoms with van der Waals surface area (Å²) in [4.78, 5) is 8.66. The number of benzene rings is 1. The van der Waals surface area contributed by atoms with Gasteiger partial charge in [0.05, 0.1) is 6.20 Å². The second kappa shape index (κ2) is 4.23. The third-order valence-corrected chi connectivity index (χ3v) is 3.75. The number of aromatic nitrogens is 3. The van der Waals surface area contributed by atoms with E-state index in [4.69, 9.17) is 5.73 Å². The highest BCUT2D eigenvalue weighted by molar-refractivity contribution is 5.71. The second-order valence-electron chi connectivity index (χ2n) is 5.13. The van der Waals surface area contributed by atoms with Gasteiger partial charge in [-0.15, -0.1) is 0 Å². The largest absolute Gasteiger partial charge is 0.382 e.